The molecule has 0 radical (unpaired) electrons. The molecule has 0 saturated carbocycles. The van der Waals surface area contributed by atoms with Crippen LogP contribution in [0.4, 0.5) is 35.0 Å². The van der Waals surface area contributed by atoms with E-state index in [2.05, 4.69) is 20.8 Å². The molecule has 0 aliphatic rings. The average Bonchev–Trinajstić information content (AvgIpc) is 2.77. The van der Waals surface area contributed by atoms with Crippen molar-refractivity contribution in [3.05, 3.63) is 35.2 Å². The van der Waals surface area contributed by atoms with E-state index in [1.165, 1.54) is 6.07 Å². The van der Waals surface area contributed by atoms with Gasteiger partial charge in [0.2, 0.25) is 0 Å². The van der Waals surface area contributed by atoms with Crippen LogP contribution in [0, 0.1) is 13.8 Å². The second-order valence-corrected chi connectivity index (χ2v) is 5.51. The molecule has 2 amide bonds. The van der Waals surface area contributed by atoms with Crippen LogP contribution in [0.5, 0.6) is 0 Å². The van der Waals surface area contributed by atoms with E-state index in [1.54, 1.807) is 32.8 Å². The van der Waals surface area contributed by atoms with E-state index in [0.717, 1.165) is 12.1 Å². The minimum Gasteiger partial charge on any atom is -0.376 e. The molecule has 130 valence electrons. The SMILES string of the molecule is Cc1n[nH]c(C)c1NC(=O)Nc1cc(C(F)(F)F)ccc1N(C)C. The van der Waals surface area contributed by atoms with Gasteiger partial charge in [-0.1, -0.05) is 0 Å². The fourth-order valence-electron chi connectivity index (χ4n) is 2.20. The molecule has 0 bridgehead atoms. The van der Waals surface area contributed by atoms with E-state index < -0.39 is 17.8 Å². The number of hydrogen-bond donors (Lipinski definition) is 3. The Morgan fingerprint density at radius 1 is 1.21 bits per heavy atom. The minimum atomic E-state index is -4.49. The van der Waals surface area contributed by atoms with Gasteiger partial charge in [0.1, 0.15) is 0 Å². The van der Waals surface area contributed by atoms with E-state index in [4.69, 9.17) is 0 Å². The number of H-pyrrole nitrogens is 1. The van der Waals surface area contributed by atoms with Crippen LogP contribution in [-0.2, 0) is 6.18 Å². The van der Waals surface area contributed by atoms with Crippen molar-refractivity contribution in [1.29, 1.82) is 0 Å². The number of halogens is 3. The number of nitrogens with one attached hydrogen (secondary N) is 3. The number of aromatic amines is 1. The summed E-state index contributed by atoms with van der Waals surface area (Å²) in [5.41, 5.74) is 1.41. The number of alkyl halides is 3. The van der Waals surface area contributed by atoms with Crippen LogP contribution in [-0.4, -0.2) is 30.3 Å². The van der Waals surface area contributed by atoms with Gasteiger partial charge in [0.25, 0.3) is 0 Å². The molecule has 24 heavy (non-hydrogen) atoms. The first kappa shape index (κ1) is 17.6. The zero-order chi connectivity index (χ0) is 18.1. The van der Waals surface area contributed by atoms with Crippen molar-refractivity contribution in [3.8, 4) is 0 Å². The van der Waals surface area contributed by atoms with E-state index in [-0.39, 0.29) is 5.69 Å². The number of carbonyl (C=O) groups excluding carboxylic acids is 1. The third-order valence-corrected chi connectivity index (χ3v) is 3.42. The van der Waals surface area contributed by atoms with Gasteiger partial charge in [-0.2, -0.15) is 18.3 Å². The zero-order valence-electron chi connectivity index (χ0n) is 13.7. The summed E-state index contributed by atoms with van der Waals surface area (Å²) >= 11 is 0. The van der Waals surface area contributed by atoms with Gasteiger partial charge in [-0.15, -0.1) is 0 Å². The number of aromatic nitrogens is 2. The molecule has 0 fully saturated rings. The van der Waals surface area contributed by atoms with Crippen LogP contribution in [0.15, 0.2) is 18.2 Å². The van der Waals surface area contributed by atoms with Gasteiger partial charge in [-0.25, -0.2) is 4.79 Å². The standard InChI is InChI=1S/C15H18F3N5O/c1-8-13(9(2)22-21-8)20-14(24)19-11-7-10(15(16,17)18)5-6-12(11)23(3)4/h5-7H,1-4H3,(H,21,22)(H2,19,20,24). The molecule has 2 rings (SSSR count). The fourth-order valence-corrected chi connectivity index (χ4v) is 2.20. The summed E-state index contributed by atoms with van der Waals surface area (Å²) in [7, 11) is 3.35. The smallest absolute Gasteiger partial charge is 0.376 e. The van der Waals surface area contributed by atoms with Crippen molar-refractivity contribution in [2.24, 2.45) is 0 Å². The summed E-state index contributed by atoms with van der Waals surface area (Å²) in [6.45, 7) is 3.43. The minimum absolute atomic E-state index is 0.0612. The van der Waals surface area contributed by atoms with Gasteiger partial charge < -0.3 is 15.5 Å². The highest BCUT2D eigenvalue weighted by molar-refractivity contribution is 6.02. The van der Waals surface area contributed by atoms with Gasteiger partial charge in [0.15, 0.2) is 0 Å². The Kier molecular flexibility index (Phi) is 4.72. The molecule has 0 atom stereocenters. The second-order valence-electron chi connectivity index (χ2n) is 5.51. The molecular formula is C15H18F3N5O. The number of aryl methyl sites for hydroxylation is 2. The molecule has 0 aliphatic heterocycles. The highest BCUT2D eigenvalue weighted by atomic mass is 19.4. The van der Waals surface area contributed by atoms with Gasteiger partial charge in [0.05, 0.1) is 34.0 Å². The summed E-state index contributed by atoms with van der Waals surface area (Å²) in [4.78, 5) is 13.8. The third kappa shape index (κ3) is 3.79. The Balaban J connectivity index is 2.28. The summed E-state index contributed by atoms with van der Waals surface area (Å²) in [5, 5.41) is 11.7. The number of rotatable bonds is 3. The maximum atomic E-state index is 12.9. The average molecular weight is 341 g/mol. The second kappa shape index (κ2) is 6.42. The highest BCUT2D eigenvalue weighted by Crippen LogP contribution is 2.35. The lowest BCUT2D eigenvalue weighted by Crippen LogP contribution is -2.22. The van der Waals surface area contributed by atoms with Crippen LogP contribution in [0.1, 0.15) is 17.0 Å². The molecule has 0 aliphatic carbocycles. The summed E-state index contributed by atoms with van der Waals surface area (Å²) < 4.78 is 38.7. The molecule has 6 nitrogen and oxygen atoms in total. The molecule has 0 saturated heterocycles. The van der Waals surface area contributed by atoms with E-state index in [1.807, 2.05) is 0 Å². The molecule has 0 spiro atoms. The van der Waals surface area contributed by atoms with Crippen molar-refractivity contribution in [1.82, 2.24) is 10.2 Å². The summed E-state index contributed by atoms with van der Waals surface area (Å²) in [6.07, 6.45) is -4.49. The lowest BCUT2D eigenvalue weighted by Gasteiger charge is -2.20. The number of anilines is 3. The van der Waals surface area contributed by atoms with Gasteiger partial charge in [-0.05, 0) is 32.0 Å². The van der Waals surface area contributed by atoms with Gasteiger partial charge >= 0.3 is 12.2 Å². The van der Waals surface area contributed by atoms with Crippen molar-refractivity contribution in [2.45, 2.75) is 20.0 Å². The molecule has 1 heterocycles. The zero-order valence-corrected chi connectivity index (χ0v) is 13.7. The number of hydrogen-bond acceptors (Lipinski definition) is 3. The monoisotopic (exact) mass is 341 g/mol. The highest BCUT2D eigenvalue weighted by Gasteiger charge is 2.31. The molecule has 9 heteroatoms. The molecular weight excluding hydrogens is 323 g/mol. The van der Waals surface area contributed by atoms with E-state index >= 15 is 0 Å². The summed E-state index contributed by atoms with van der Waals surface area (Å²) in [5.74, 6) is 0. The number of carbonyl (C=O) groups is 1. The molecule has 0 unspecified atom stereocenters. The fraction of sp³-hybridized carbons (Fsp3) is 0.333. The Morgan fingerprint density at radius 3 is 2.38 bits per heavy atom. The van der Waals surface area contributed by atoms with Crippen molar-refractivity contribution in [3.63, 3.8) is 0 Å². The van der Waals surface area contributed by atoms with Gasteiger partial charge in [-0.3, -0.25) is 5.10 Å². The van der Waals surface area contributed by atoms with Crippen LogP contribution < -0.4 is 15.5 Å². The van der Waals surface area contributed by atoms with E-state index in [0.29, 0.717) is 22.8 Å². The molecule has 1 aromatic heterocycles. The first-order valence-corrected chi connectivity index (χ1v) is 7.07. The quantitative estimate of drug-likeness (QED) is 0.796. The lowest BCUT2D eigenvalue weighted by atomic mass is 10.1. The van der Waals surface area contributed by atoms with Crippen LogP contribution in [0.3, 0.4) is 0 Å². The number of urea groups is 1. The maximum Gasteiger partial charge on any atom is 0.416 e. The van der Waals surface area contributed by atoms with Crippen molar-refractivity contribution < 1.29 is 18.0 Å². The summed E-state index contributed by atoms with van der Waals surface area (Å²) in [6, 6.07) is 2.55. The Morgan fingerprint density at radius 2 is 1.88 bits per heavy atom. The topological polar surface area (TPSA) is 73.0 Å². The normalized spacial score (nSPS) is 11.3. The largest absolute Gasteiger partial charge is 0.416 e. The van der Waals surface area contributed by atoms with Crippen molar-refractivity contribution in [2.75, 3.05) is 29.6 Å². The predicted molar refractivity (Wildman–Crippen MR) is 86.5 cm³/mol. The Bertz CT molecular complexity index is 733. The maximum absolute atomic E-state index is 12.9. The lowest BCUT2D eigenvalue weighted by molar-refractivity contribution is -0.137. The first-order chi connectivity index (χ1) is 11.1. The number of benzene rings is 1. The van der Waals surface area contributed by atoms with Crippen molar-refractivity contribution >= 4 is 23.1 Å². The Labute approximate surface area is 137 Å². The first-order valence-electron chi connectivity index (χ1n) is 7.07. The predicted octanol–water partition coefficient (Wildman–Crippen LogP) is 3.76. The molecule has 2 aromatic rings. The molecule has 1 aromatic carbocycles. The van der Waals surface area contributed by atoms with Gasteiger partial charge in [0, 0.05) is 14.1 Å². The molecule has 3 N–H and O–H groups in total. The number of nitrogens with zero attached hydrogens (tertiary/aromatic N) is 2. The Hall–Kier alpha value is -2.71. The van der Waals surface area contributed by atoms with Crippen LogP contribution in [0.25, 0.3) is 0 Å². The van der Waals surface area contributed by atoms with Crippen LogP contribution >= 0.6 is 0 Å². The third-order valence-electron chi connectivity index (χ3n) is 3.42. The van der Waals surface area contributed by atoms with Crippen LogP contribution in [0.2, 0.25) is 0 Å². The number of amides is 2. The van der Waals surface area contributed by atoms with E-state index in [9.17, 15) is 18.0 Å².